The van der Waals surface area contributed by atoms with Crippen LogP contribution >= 0.6 is 0 Å². The fraction of sp³-hybridized carbons (Fsp3) is 1.00. The fourth-order valence-corrected chi connectivity index (χ4v) is 2.05. The molecule has 0 spiro atoms. The van der Waals surface area contributed by atoms with Gasteiger partial charge in [-0.15, -0.1) is 0 Å². The van der Waals surface area contributed by atoms with E-state index >= 15 is 0 Å². The van der Waals surface area contributed by atoms with E-state index in [9.17, 15) is 0 Å². The van der Waals surface area contributed by atoms with Gasteiger partial charge in [-0.1, -0.05) is 6.92 Å². The molecule has 4 nitrogen and oxygen atoms in total. The summed E-state index contributed by atoms with van der Waals surface area (Å²) >= 11 is 0. The first kappa shape index (κ1) is 13.9. The first-order chi connectivity index (χ1) is 7.76. The Bertz CT molecular complexity index is 181. The minimum Gasteiger partial charge on any atom is -0.383 e. The van der Waals surface area contributed by atoms with Gasteiger partial charge in [0, 0.05) is 52.9 Å². The van der Waals surface area contributed by atoms with Crippen LogP contribution in [-0.2, 0) is 14.2 Å². The second kappa shape index (κ2) is 7.22. The highest BCUT2D eigenvalue weighted by atomic mass is 16.5. The van der Waals surface area contributed by atoms with E-state index in [0.29, 0.717) is 6.04 Å². The highest BCUT2D eigenvalue weighted by Gasteiger charge is 2.32. The van der Waals surface area contributed by atoms with Crippen molar-refractivity contribution < 1.29 is 14.2 Å². The summed E-state index contributed by atoms with van der Waals surface area (Å²) in [4.78, 5) is 0. The van der Waals surface area contributed by atoms with Crippen LogP contribution in [0.15, 0.2) is 0 Å². The highest BCUT2D eigenvalue weighted by Crippen LogP contribution is 2.23. The smallest absolute Gasteiger partial charge is 0.0846 e. The molecule has 0 radical (unpaired) electrons. The molecule has 0 amide bonds. The second-order valence-electron chi connectivity index (χ2n) is 4.44. The Labute approximate surface area is 98.6 Å². The predicted molar refractivity (Wildman–Crippen MR) is 63.8 cm³/mol. The summed E-state index contributed by atoms with van der Waals surface area (Å²) in [6.45, 7) is 5.41. The molecule has 96 valence electrons. The van der Waals surface area contributed by atoms with Gasteiger partial charge in [0.25, 0.3) is 0 Å². The van der Waals surface area contributed by atoms with E-state index in [1.165, 1.54) is 0 Å². The van der Waals surface area contributed by atoms with Crippen molar-refractivity contribution in [2.24, 2.45) is 0 Å². The van der Waals surface area contributed by atoms with Crippen LogP contribution in [0.5, 0.6) is 0 Å². The van der Waals surface area contributed by atoms with Gasteiger partial charge in [-0.05, 0) is 6.42 Å². The predicted octanol–water partition coefficient (Wildman–Crippen LogP) is 1.20. The third-order valence-electron chi connectivity index (χ3n) is 3.41. The fourth-order valence-electron chi connectivity index (χ4n) is 2.05. The molecule has 0 aliphatic carbocycles. The van der Waals surface area contributed by atoms with Crippen LogP contribution in [0.1, 0.15) is 26.2 Å². The molecule has 0 saturated carbocycles. The maximum absolute atomic E-state index is 5.67. The molecular formula is C12H25NO3. The number of hydrogen-bond acceptors (Lipinski definition) is 4. The molecule has 1 N–H and O–H groups in total. The van der Waals surface area contributed by atoms with Gasteiger partial charge in [-0.3, -0.25) is 0 Å². The van der Waals surface area contributed by atoms with Gasteiger partial charge in [-0.25, -0.2) is 0 Å². The van der Waals surface area contributed by atoms with E-state index in [1.807, 2.05) is 0 Å². The molecule has 4 heteroatoms. The van der Waals surface area contributed by atoms with Crippen molar-refractivity contribution in [2.75, 3.05) is 40.6 Å². The van der Waals surface area contributed by atoms with Gasteiger partial charge in [0.05, 0.1) is 12.2 Å². The summed E-state index contributed by atoms with van der Waals surface area (Å²) < 4.78 is 16.2. The molecule has 1 unspecified atom stereocenters. The molecule has 0 bridgehead atoms. The Kier molecular flexibility index (Phi) is 6.28. The third-order valence-corrected chi connectivity index (χ3v) is 3.41. The average molecular weight is 231 g/mol. The molecule has 0 aromatic carbocycles. The van der Waals surface area contributed by atoms with Crippen LogP contribution < -0.4 is 5.32 Å². The standard InChI is InChI=1S/C12H25NO3/c1-4-11(9-14-2)13-10-12(15-3)5-7-16-8-6-12/h11,13H,4-10H2,1-3H3. The molecule has 1 fully saturated rings. The van der Waals surface area contributed by atoms with Crippen LogP contribution in [0.25, 0.3) is 0 Å². The van der Waals surface area contributed by atoms with Crippen molar-refractivity contribution in [1.29, 1.82) is 0 Å². The van der Waals surface area contributed by atoms with Gasteiger partial charge < -0.3 is 19.5 Å². The van der Waals surface area contributed by atoms with Crippen LogP contribution in [0.2, 0.25) is 0 Å². The molecular weight excluding hydrogens is 206 g/mol. The number of nitrogens with one attached hydrogen (secondary N) is 1. The normalized spacial score (nSPS) is 21.9. The van der Waals surface area contributed by atoms with Gasteiger partial charge in [0.1, 0.15) is 0 Å². The lowest BCUT2D eigenvalue weighted by molar-refractivity contribution is -0.0893. The second-order valence-corrected chi connectivity index (χ2v) is 4.44. The van der Waals surface area contributed by atoms with Crippen molar-refractivity contribution in [3.05, 3.63) is 0 Å². The quantitative estimate of drug-likeness (QED) is 0.714. The topological polar surface area (TPSA) is 39.7 Å². The average Bonchev–Trinajstić information content (AvgIpc) is 2.35. The Balaban J connectivity index is 2.36. The van der Waals surface area contributed by atoms with E-state index in [-0.39, 0.29) is 5.60 Å². The van der Waals surface area contributed by atoms with E-state index in [0.717, 1.165) is 45.6 Å². The molecule has 1 saturated heterocycles. The van der Waals surface area contributed by atoms with Gasteiger partial charge in [0.15, 0.2) is 0 Å². The van der Waals surface area contributed by atoms with Crippen molar-refractivity contribution >= 4 is 0 Å². The monoisotopic (exact) mass is 231 g/mol. The Morgan fingerprint density at radius 1 is 1.31 bits per heavy atom. The molecule has 16 heavy (non-hydrogen) atoms. The van der Waals surface area contributed by atoms with E-state index in [4.69, 9.17) is 14.2 Å². The SMILES string of the molecule is CCC(COC)NCC1(OC)CCOCC1. The molecule has 1 aliphatic rings. The summed E-state index contributed by atoms with van der Waals surface area (Å²) in [5.74, 6) is 0. The zero-order valence-corrected chi connectivity index (χ0v) is 10.8. The van der Waals surface area contributed by atoms with E-state index in [1.54, 1.807) is 14.2 Å². The number of hydrogen-bond donors (Lipinski definition) is 1. The van der Waals surface area contributed by atoms with Gasteiger partial charge in [0.2, 0.25) is 0 Å². The molecule has 1 rings (SSSR count). The first-order valence-corrected chi connectivity index (χ1v) is 6.11. The number of methoxy groups -OCH3 is 2. The minimum atomic E-state index is -0.0423. The van der Waals surface area contributed by atoms with Crippen LogP contribution in [-0.4, -0.2) is 52.2 Å². The molecule has 1 aliphatic heterocycles. The van der Waals surface area contributed by atoms with E-state index in [2.05, 4.69) is 12.2 Å². The number of rotatable bonds is 7. The largest absolute Gasteiger partial charge is 0.383 e. The van der Waals surface area contributed by atoms with Crippen LogP contribution in [0.3, 0.4) is 0 Å². The summed E-state index contributed by atoms with van der Waals surface area (Å²) in [7, 11) is 3.54. The lowest BCUT2D eigenvalue weighted by atomic mass is 9.93. The van der Waals surface area contributed by atoms with Crippen LogP contribution in [0.4, 0.5) is 0 Å². The first-order valence-electron chi connectivity index (χ1n) is 6.11. The van der Waals surface area contributed by atoms with Crippen molar-refractivity contribution in [1.82, 2.24) is 5.32 Å². The zero-order valence-electron chi connectivity index (χ0n) is 10.8. The lowest BCUT2D eigenvalue weighted by Crippen LogP contribution is -2.49. The molecule has 0 aromatic heterocycles. The number of ether oxygens (including phenoxy) is 3. The maximum Gasteiger partial charge on any atom is 0.0846 e. The lowest BCUT2D eigenvalue weighted by Gasteiger charge is -2.37. The maximum atomic E-state index is 5.67. The molecule has 1 atom stereocenters. The van der Waals surface area contributed by atoms with Crippen LogP contribution in [0, 0.1) is 0 Å². The van der Waals surface area contributed by atoms with E-state index < -0.39 is 0 Å². The van der Waals surface area contributed by atoms with Crippen molar-refractivity contribution in [2.45, 2.75) is 37.8 Å². The minimum absolute atomic E-state index is 0.0423. The summed E-state index contributed by atoms with van der Waals surface area (Å²) in [6, 6.07) is 0.417. The highest BCUT2D eigenvalue weighted by molar-refractivity contribution is 4.86. The third kappa shape index (κ3) is 4.01. The molecule has 0 aromatic rings. The van der Waals surface area contributed by atoms with Crippen molar-refractivity contribution in [3.63, 3.8) is 0 Å². The summed E-state index contributed by atoms with van der Waals surface area (Å²) in [6.07, 6.45) is 3.02. The Morgan fingerprint density at radius 3 is 2.50 bits per heavy atom. The van der Waals surface area contributed by atoms with Crippen molar-refractivity contribution in [3.8, 4) is 0 Å². The van der Waals surface area contributed by atoms with Gasteiger partial charge >= 0.3 is 0 Å². The summed E-state index contributed by atoms with van der Waals surface area (Å²) in [5, 5.41) is 3.53. The Morgan fingerprint density at radius 2 is 2.00 bits per heavy atom. The summed E-state index contributed by atoms with van der Waals surface area (Å²) in [5.41, 5.74) is -0.0423. The van der Waals surface area contributed by atoms with Gasteiger partial charge in [-0.2, -0.15) is 0 Å². The Hall–Kier alpha value is -0.160. The molecule has 1 heterocycles. The zero-order chi connectivity index (χ0) is 11.9.